The van der Waals surface area contributed by atoms with E-state index in [1.807, 2.05) is 13.0 Å². The first-order valence-electron chi connectivity index (χ1n) is 7.21. The Morgan fingerprint density at radius 2 is 2.13 bits per heavy atom. The van der Waals surface area contributed by atoms with Crippen molar-refractivity contribution in [2.75, 3.05) is 18.0 Å². The summed E-state index contributed by atoms with van der Waals surface area (Å²) in [4.78, 5) is 5.64. The highest BCUT2D eigenvalue weighted by molar-refractivity contribution is 5.41. The van der Waals surface area contributed by atoms with Gasteiger partial charge < -0.3 is 14.5 Å². The molecule has 0 spiro atoms. The van der Waals surface area contributed by atoms with E-state index in [0.29, 0.717) is 31.1 Å². The summed E-state index contributed by atoms with van der Waals surface area (Å²) >= 11 is 0. The molecule has 0 radical (unpaired) electrons. The molecule has 23 heavy (non-hydrogen) atoms. The van der Waals surface area contributed by atoms with Crippen molar-refractivity contribution in [1.29, 1.82) is 0 Å². The molecule has 124 valence electrons. The maximum absolute atomic E-state index is 12.6. The van der Waals surface area contributed by atoms with Crippen molar-refractivity contribution in [2.45, 2.75) is 25.6 Å². The Kier molecular flexibility index (Phi) is 4.01. The molecular formula is C15H16F3N3O2. The van der Waals surface area contributed by atoms with Crippen molar-refractivity contribution < 1.29 is 22.8 Å². The highest BCUT2D eigenvalue weighted by Crippen LogP contribution is 2.31. The fourth-order valence-electron chi connectivity index (χ4n) is 2.75. The minimum atomic E-state index is -4.40. The maximum atomic E-state index is 12.6. The monoisotopic (exact) mass is 327 g/mol. The van der Waals surface area contributed by atoms with Crippen LogP contribution >= 0.6 is 0 Å². The predicted molar refractivity (Wildman–Crippen MR) is 75.9 cm³/mol. The van der Waals surface area contributed by atoms with Crippen molar-refractivity contribution >= 4 is 5.82 Å². The second-order valence-electron chi connectivity index (χ2n) is 5.77. The lowest BCUT2D eigenvalue weighted by atomic mass is 10.0. The fourth-order valence-corrected chi connectivity index (χ4v) is 2.75. The molecule has 0 unspecified atom stereocenters. The van der Waals surface area contributed by atoms with Crippen LogP contribution in [0.5, 0.6) is 0 Å². The van der Waals surface area contributed by atoms with Gasteiger partial charge in [0.2, 0.25) is 0 Å². The molecule has 5 nitrogen and oxygen atoms in total. The van der Waals surface area contributed by atoms with Crippen LogP contribution in [0.25, 0.3) is 0 Å². The molecule has 1 aliphatic rings. The zero-order chi connectivity index (χ0) is 16.6. The van der Waals surface area contributed by atoms with E-state index in [9.17, 15) is 18.3 Å². The topological polar surface area (TPSA) is 62.4 Å². The Hall–Kier alpha value is -2.09. The SMILES string of the molecule is Cc1cc(C[C@@H]2CN(c3ccc(C(F)(F)F)cn3)C[C@H]2O)on1. The normalized spacial score (nSPS) is 21.9. The van der Waals surface area contributed by atoms with Gasteiger partial charge in [-0.3, -0.25) is 0 Å². The summed E-state index contributed by atoms with van der Waals surface area (Å²) in [6.07, 6.45) is -3.65. The summed E-state index contributed by atoms with van der Waals surface area (Å²) in [6, 6.07) is 4.14. The number of aryl methyl sites for hydroxylation is 1. The minimum Gasteiger partial charge on any atom is -0.391 e. The quantitative estimate of drug-likeness (QED) is 0.938. The first-order valence-corrected chi connectivity index (χ1v) is 7.21. The number of anilines is 1. The molecule has 2 aromatic heterocycles. The third-order valence-corrected chi connectivity index (χ3v) is 3.95. The summed E-state index contributed by atoms with van der Waals surface area (Å²) in [5, 5.41) is 14.0. The Balaban J connectivity index is 1.68. The number of rotatable bonds is 3. The lowest BCUT2D eigenvalue weighted by Gasteiger charge is -2.17. The summed E-state index contributed by atoms with van der Waals surface area (Å²) in [6.45, 7) is 2.64. The number of pyridine rings is 1. The van der Waals surface area contributed by atoms with Gasteiger partial charge in [-0.1, -0.05) is 5.16 Å². The van der Waals surface area contributed by atoms with Gasteiger partial charge in [-0.2, -0.15) is 13.2 Å². The van der Waals surface area contributed by atoms with E-state index in [2.05, 4.69) is 10.1 Å². The van der Waals surface area contributed by atoms with Gasteiger partial charge in [0.1, 0.15) is 11.6 Å². The number of halogens is 3. The van der Waals surface area contributed by atoms with Gasteiger partial charge in [0, 0.05) is 37.7 Å². The molecule has 0 saturated carbocycles. The van der Waals surface area contributed by atoms with Crippen molar-refractivity contribution in [2.24, 2.45) is 5.92 Å². The zero-order valence-corrected chi connectivity index (χ0v) is 12.4. The third kappa shape index (κ3) is 3.47. The summed E-state index contributed by atoms with van der Waals surface area (Å²) in [5.41, 5.74) is -0.0107. The number of hydrogen-bond acceptors (Lipinski definition) is 5. The van der Waals surface area contributed by atoms with E-state index < -0.39 is 17.8 Å². The Morgan fingerprint density at radius 1 is 1.35 bits per heavy atom. The molecule has 8 heteroatoms. The number of aliphatic hydroxyl groups excluding tert-OH is 1. The molecule has 1 fully saturated rings. The van der Waals surface area contributed by atoms with Crippen molar-refractivity contribution in [3.63, 3.8) is 0 Å². The number of β-amino-alcohol motifs (C(OH)–C–C–N with tert-alkyl or cyclic N) is 1. The van der Waals surface area contributed by atoms with Gasteiger partial charge in [0.25, 0.3) is 0 Å². The maximum Gasteiger partial charge on any atom is 0.417 e. The molecule has 1 aliphatic heterocycles. The largest absolute Gasteiger partial charge is 0.417 e. The Labute approximate surface area is 130 Å². The van der Waals surface area contributed by atoms with E-state index in [4.69, 9.17) is 4.52 Å². The molecule has 1 saturated heterocycles. The highest BCUT2D eigenvalue weighted by Gasteiger charge is 2.34. The van der Waals surface area contributed by atoms with Gasteiger partial charge in [0.15, 0.2) is 0 Å². The van der Waals surface area contributed by atoms with Gasteiger partial charge in [-0.15, -0.1) is 0 Å². The Morgan fingerprint density at radius 3 is 2.70 bits per heavy atom. The zero-order valence-electron chi connectivity index (χ0n) is 12.4. The van der Waals surface area contributed by atoms with Crippen molar-refractivity contribution in [1.82, 2.24) is 10.1 Å². The molecule has 0 bridgehead atoms. The minimum absolute atomic E-state index is 0.0774. The van der Waals surface area contributed by atoms with Crippen molar-refractivity contribution in [3.8, 4) is 0 Å². The molecule has 0 amide bonds. The number of hydrogen-bond donors (Lipinski definition) is 1. The molecule has 3 rings (SSSR count). The third-order valence-electron chi connectivity index (χ3n) is 3.95. The van der Waals surface area contributed by atoms with E-state index in [1.54, 1.807) is 4.90 Å². The molecular weight excluding hydrogens is 311 g/mol. The molecule has 0 aliphatic carbocycles. The van der Waals surface area contributed by atoms with Crippen LogP contribution < -0.4 is 4.90 Å². The molecule has 3 heterocycles. The van der Waals surface area contributed by atoms with Crippen LogP contribution in [-0.4, -0.2) is 34.4 Å². The molecule has 2 atom stereocenters. The van der Waals surface area contributed by atoms with Gasteiger partial charge in [0.05, 0.1) is 17.4 Å². The molecule has 1 N–H and O–H groups in total. The second-order valence-corrected chi connectivity index (χ2v) is 5.77. The summed E-state index contributed by atoms with van der Waals surface area (Å²) in [5.74, 6) is 1.04. The van der Waals surface area contributed by atoms with Crippen LogP contribution in [-0.2, 0) is 12.6 Å². The first-order chi connectivity index (χ1) is 10.8. The lowest BCUT2D eigenvalue weighted by molar-refractivity contribution is -0.137. The summed E-state index contributed by atoms with van der Waals surface area (Å²) in [7, 11) is 0. The highest BCUT2D eigenvalue weighted by atomic mass is 19.4. The number of aliphatic hydroxyl groups is 1. The van der Waals surface area contributed by atoms with Crippen LogP contribution in [0.15, 0.2) is 28.9 Å². The number of alkyl halides is 3. The van der Waals surface area contributed by atoms with E-state index in [1.165, 1.54) is 6.07 Å². The van der Waals surface area contributed by atoms with Gasteiger partial charge in [-0.05, 0) is 19.1 Å². The predicted octanol–water partition coefficient (Wildman–Crippen LogP) is 2.44. The van der Waals surface area contributed by atoms with Crippen LogP contribution in [0.2, 0.25) is 0 Å². The molecule has 2 aromatic rings. The van der Waals surface area contributed by atoms with Gasteiger partial charge >= 0.3 is 6.18 Å². The van der Waals surface area contributed by atoms with E-state index in [-0.39, 0.29) is 5.92 Å². The fraction of sp³-hybridized carbons (Fsp3) is 0.467. The average molecular weight is 327 g/mol. The number of aromatic nitrogens is 2. The lowest BCUT2D eigenvalue weighted by Crippen LogP contribution is -2.22. The standard InChI is InChI=1S/C15H16F3N3O2/c1-9-4-12(23-20-9)5-10-7-21(8-13(10)22)14-3-2-11(6-19-14)15(16,17)18/h2-4,6,10,13,22H,5,7-8H2,1H3/t10-,13-/m1/s1. The van der Waals surface area contributed by atoms with Gasteiger partial charge in [-0.25, -0.2) is 4.98 Å². The van der Waals surface area contributed by atoms with Crippen molar-refractivity contribution in [3.05, 3.63) is 41.4 Å². The van der Waals surface area contributed by atoms with E-state index >= 15 is 0 Å². The Bertz CT molecular complexity index is 669. The summed E-state index contributed by atoms with van der Waals surface area (Å²) < 4.78 is 42.8. The van der Waals surface area contributed by atoms with E-state index in [0.717, 1.165) is 18.0 Å². The molecule has 0 aromatic carbocycles. The smallest absolute Gasteiger partial charge is 0.391 e. The first kappa shape index (κ1) is 15.8. The van der Waals surface area contributed by atoms with Crippen LogP contribution in [0, 0.1) is 12.8 Å². The number of nitrogens with zero attached hydrogens (tertiary/aromatic N) is 3. The van der Waals surface area contributed by atoms with Crippen LogP contribution in [0.4, 0.5) is 19.0 Å². The average Bonchev–Trinajstić information content (AvgIpc) is 3.05. The van der Waals surface area contributed by atoms with Crippen LogP contribution in [0.1, 0.15) is 17.0 Å². The second kappa shape index (κ2) is 5.84. The van der Waals surface area contributed by atoms with Crippen LogP contribution in [0.3, 0.4) is 0 Å².